The lowest BCUT2D eigenvalue weighted by Gasteiger charge is -2.15. The van der Waals surface area contributed by atoms with Gasteiger partial charge in [0.2, 0.25) is 0 Å². The summed E-state index contributed by atoms with van der Waals surface area (Å²) >= 11 is 0. The minimum atomic E-state index is 0.472. The summed E-state index contributed by atoms with van der Waals surface area (Å²) in [6.07, 6.45) is 0. The van der Waals surface area contributed by atoms with Crippen molar-refractivity contribution >= 4 is 32.3 Å². The van der Waals surface area contributed by atoms with E-state index in [1.165, 1.54) is 10.8 Å². The van der Waals surface area contributed by atoms with Gasteiger partial charge in [-0.2, -0.15) is 0 Å². The highest BCUT2D eigenvalue weighted by Crippen LogP contribution is 2.39. The summed E-state index contributed by atoms with van der Waals surface area (Å²) < 4.78 is 0. The zero-order chi connectivity index (χ0) is 32.7. The van der Waals surface area contributed by atoms with Crippen molar-refractivity contribution in [3.63, 3.8) is 0 Å². The van der Waals surface area contributed by atoms with Gasteiger partial charge in [-0.05, 0) is 52.1 Å². The molecule has 9 rings (SSSR count). The largest absolute Gasteiger partial charge is 0.245 e. The molecule has 6 nitrogen and oxygen atoms in total. The second kappa shape index (κ2) is 11.9. The predicted molar refractivity (Wildman–Crippen MR) is 198 cm³/mol. The molecule has 3 heterocycles. The molecule has 6 heteroatoms. The highest BCUT2D eigenvalue weighted by Gasteiger charge is 2.19. The molecular formula is C43H28N6. The molecule has 0 aliphatic rings. The molecule has 0 radical (unpaired) electrons. The molecule has 0 atom stereocenters. The van der Waals surface area contributed by atoms with Gasteiger partial charge in [0.25, 0.3) is 0 Å². The number of hydrogen-bond donors (Lipinski definition) is 0. The van der Waals surface area contributed by atoms with Crippen molar-refractivity contribution in [1.82, 2.24) is 29.9 Å². The number of aromatic nitrogens is 6. The average molecular weight is 629 g/mol. The second-order valence-electron chi connectivity index (χ2n) is 12.0. The van der Waals surface area contributed by atoms with Gasteiger partial charge in [-0.25, -0.2) is 29.9 Å². The third kappa shape index (κ3) is 5.26. The monoisotopic (exact) mass is 628 g/mol. The maximum absolute atomic E-state index is 5.40. The molecule has 9 aromatic rings. The molecule has 0 aliphatic carbocycles. The van der Waals surface area contributed by atoms with Gasteiger partial charge in [0.1, 0.15) is 11.5 Å². The molecule has 0 spiro atoms. The Morgan fingerprint density at radius 3 is 1.41 bits per heavy atom. The minimum absolute atomic E-state index is 0.472. The third-order valence-electron chi connectivity index (χ3n) is 8.78. The van der Waals surface area contributed by atoms with E-state index in [9.17, 15) is 0 Å². The first-order valence-corrected chi connectivity index (χ1v) is 16.2. The SMILES string of the molecule is Cc1nc(-c2nc(-c3ccccc3)nc(-c3ccccc3)n2)cc(-c2nc(-c3c4ccccc4cc4ccccc34)cc3ccccc23)n1. The first-order chi connectivity index (χ1) is 24.2. The number of rotatable bonds is 5. The van der Waals surface area contributed by atoms with E-state index in [4.69, 9.17) is 29.9 Å². The fourth-order valence-corrected chi connectivity index (χ4v) is 6.54. The van der Waals surface area contributed by atoms with Crippen LogP contribution in [-0.4, -0.2) is 29.9 Å². The Balaban J connectivity index is 1.28. The Hall–Kier alpha value is -6.66. The van der Waals surface area contributed by atoms with Gasteiger partial charge in [-0.15, -0.1) is 0 Å². The van der Waals surface area contributed by atoms with Crippen LogP contribution in [0.4, 0.5) is 0 Å². The van der Waals surface area contributed by atoms with Crippen LogP contribution in [0, 0.1) is 6.92 Å². The number of fused-ring (bicyclic) bond motifs is 3. The molecule has 0 fully saturated rings. The van der Waals surface area contributed by atoms with Gasteiger partial charge in [0.15, 0.2) is 17.5 Å². The Morgan fingerprint density at radius 2 is 0.816 bits per heavy atom. The van der Waals surface area contributed by atoms with Crippen molar-refractivity contribution in [1.29, 1.82) is 0 Å². The van der Waals surface area contributed by atoms with Crippen LogP contribution in [0.5, 0.6) is 0 Å². The molecule has 49 heavy (non-hydrogen) atoms. The molecule has 230 valence electrons. The summed E-state index contributed by atoms with van der Waals surface area (Å²) in [6, 6.07) is 51.7. The maximum atomic E-state index is 5.40. The summed E-state index contributed by atoms with van der Waals surface area (Å²) in [6.45, 7) is 1.90. The van der Waals surface area contributed by atoms with Crippen LogP contribution in [-0.2, 0) is 0 Å². The average Bonchev–Trinajstić information content (AvgIpc) is 3.16. The van der Waals surface area contributed by atoms with Crippen LogP contribution in [0.1, 0.15) is 5.82 Å². The van der Waals surface area contributed by atoms with Gasteiger partial charge < -0.3 is 0 Å². The summed E-state index contributed by atoms with van der Waals surface area (Å²) in [7, 11) is 0. The van der Waals surface area contributed by atoms with Crippen molar-refractivity contribution in [2.75, 3.05) is 0 Å². The Labute approximate surface area is 282 Å². The third-order valence-corrected chi connectivity index (χ3v) is 8.78. The van der Waals surface area contributed by atoms with E-state index in [1.54, 1.807) is 0 Å². The van der Waals surface area contributed by atoms with Crippen LogP contribution in [0.25, 0.3) is 89.3 Å². The van der Waals surface area contributed by atoms with Crippen LogP contribution in [0.3, 0.4) is 0 Å². The van der Waals surface area contributed by atoms with Gasteiger partial charge in [0, 0.05) is 22.1 Å². The first-order valence-electron chi connectivity index (χ1n) is 16.2. The molecule has 0 amide bonds. The molecule has 0 saturated carbocycles. The number of aryl methyl sites for hydroxylation is 1. The lowest BCUT2D eigenvalue weighted by atomic mass is 9.93. The minimum Gasteiger partial charge on any atom is -0.245 e. The quantitative estimate of drug-likeness (QED) is 0.177. The van der Waals surface area contributed by atoms with E-state index in [-0.39, 0.29) is 0 Å². The van der Waals surface area contributed by atoms with Crippen molar-refractivity contribution in [3.05, 3.63) is 157 Å². The van der Waals surface area contributed by atoms with Crippen molar-refractivity contribution in [2.45, 2.75) is 6.92 Å². The van der Waals surface area contributed by atoms with Gasteiger partial charge in [0.05, 0.1) is 17.1 Å². The second-order valence-corrected chi connectivity index (χ2v) is 12.0. The van der Waals surface area contributed by atoms with Gasteiger partial charge >= 0.3 is 0 Å². The summed E-state index contributed by atoms with van der Waals surface area (Å²) in [4.78, 5) is 29.9. The summed E-state index contributed by atoms with van der Waals surface area (Å²) in [5.74, 6) is 2.23. The lowest BCUT2D eigenvalue weighted by Crippen LogP contribution is -2.03. The van der Waals surface area contributed by atoms with E-state index in [0.717, 1.165) is 49.6 Å². The number of hydrogen-bond acceptors (Lipinski definition) is 6. The molecule has 6 aromatic carbocycles. The molecule has 0 bridgehead atoms. The lowest BCUT2D eigenvalue weighted by molar-refractivity contribution is 1.01. The van der Waals surface area contributed by atoms with Gasteiger partial charge in [-0.3, -0.25) is 0 Å². The maximum Gasteiger partial charge on any atom is 0.182 e. The predicted octanol–water partition coefficient (Wildman–Crippen LogP) is 10.2. The number of nitrogens with zero attached hydrogens (tertiary/aromatic N) is 6. The Bertz CT molecular complexity index is 2560. The fraction of sp³-hybridized carbons (Fsp3) is 0.0233. The number of benzene rings is 6. The normalized spacial score (nSPS) is 11.4. The van der Waals surface area contributed by atoms with Crippen molar-refractivity contribution in [2.24, 2.45) is 0 Å². The molecule has 0 aliphatic heterocycles. The van der Waals surface area contributed by atoms with Gasteiger partial charge in [-0.1, -0.05) is 133 Å². The topological polar surface area (TPSA) is 77.3 Å². The van der Waals surface area contributed by atoms with Crippen molar-refractivity contribution < 1.29 is 0 Å². The summed E-state index contributed by atoms with van der Waals surface area (Å²) in [5, 5.41) is 6.74. The van der Waals surface area contributed by atoms with Crippen LogP contribution in [0.2, 0.25) is 0 Å². The van der Waals surface area contributed by atoms with E-state index in [0.29, 0.717) is 34.7 Å². The van der Waals surface area contributed by atoms with E-state index in [1.807, 2.05) is 79.7 Å². The van der Waals surface area contributed by atoms with Crippen LogP contribution < -0.4 is 0 Å². The molecule has 0 N–H and O–H groups in total. The van der Waals surface area contributed by atoms with E-state index < -0.39 is 0 Å². The van der Waals surface area contributed by atoms with Crippen molar-refractivity contribution in [3.8, 4) is 56.9 Å². The van der Waals surface area contributed by atoms with E-state index in [2.05, 4.69) is 78.9 Å². The highest BCUT2D eigenvalue weighted by molar-refractivity contribution is 6.13. The Kier molecular flexibility index (Phi) is 6.91. The number of pyridine rings is 1. The summed E-state index contributed by atoms with van der Waals surface area (Å²) in [5.41, 5.74) is 5.87. The fourth-order valence-electron chi connectivity index (χ4n) is 6.54. The standard InChI is InChI=1S/C43H28N6/c1-27-44-37(26-38(45-27)43-48-41(28-14-4-2-5-15-28)47-42(49-43)29-16-6-3-7-17-29)40-35-23-13-10-20-32(35)25-36(46-40)39-33-21-11-8-18-30(33)24-31-19-9-12-22-34(31)39/h2-26H,1H3. The zero-order valence-electron chi connectivity index (χ0n) is 26.6. The molecule has 3 aromatic heterocycles. The Morgan fingerprint density at radius 1 is 0.347 bits per heavy atom. The molecular weight excluding hydrogens is 601 g/mol. The van der Waals surface area contributed by atoms with Crippen LogP contribution in [0.15, 0.2) is 152 Å². The van der Waals surface area contributed by atoms with E-state index >= 15 is 0 Å². The smallest absolute Gasteiger partial charge is 0.182 e. The molecule has 0 saturated heterocycles. The van der Waals surface area contributed by atoms with Crippen LogP contribution >= 0.6 is 0 Å². The zero-order valence-corrected chi connectivity index (χ0v) is 26.6. The molecule has 0 unspecified atom stereocenters. The highest BCUT2D eigenvalue weighted by atomic mass is 15.1. The first kappa shape index (κ1) is 28.6.